The Morgan fingerprint density at radius 2 is 1.33 bits per heavy atom. The smallest absolute Gasteiger partial charge is 0.290 e. The summed E-state index contributed by atoms with van der Waals surface area (Å²) in [6.07, 6.45) is 3.52. The fourth-order valence-corrected chi connectivity index (χ4v) is 2.94. The average molecular weight is 362 g/mol. The van der Waals surface area contributed by atoms with Crippen LogP contribution in [-0.4, -0.2) is 18.2 Å². The van der Waals surface area contributed by atoms with Crippen molar-refractivity contribution in [1.82, 2.24) is 0 Å². The van der Waals surface area contributed by atoms with Crippen LogP contribution in [-0.2, 0) is 4.79 Å². The molecule has 0 radical (unpaired) electrons. The van der Waals surface area contributed by atoms with Crippen LogP contribution < -0.4 is 4.74 Å². The van der Waals surface area contributed by atoms with Gasteiger partial charge in [-0.1, -0.05) is 92.6 Å². The van der Waals surface area contributed by atoms with Crippen LogP contribution in [0.4, 0.5) is 0 Å². The van der Waals surface area contributed by atoms with Crippen LogP contribution in [0.2, 0.25) is 0 Å². The van der Waals surface area contributed by atoms with Gasteiger partial charge in [-0.3, -0.25) is 4.79 Å². The van der Waals surface area contributed by atoms with Crippen LogP contribution in [0.5, 0.6) is 5.75 Å². The molecule has 0 heterocycles. The van der Waals surface area contributed by atoms with Gasteiger partial charge >= 0.3 is 0 Å². The van der Waals surface area contributed by atoms with Crippen molar-refractivity contribution in [2.45, 2.75) is 26.2 Å². The first-order valence-corrected chi connectivity index (χ1v) is 9.26. The minimum Gasteiger partial charge on any atom is -0.493 e. The molecule has 140 valence electrons. The number of hydrogen-bond acceptors (Lipinski definition) is 2. The number of para-hydroxylation sites is 1. The number of rotatable bonds is 7. The van der Waals surface area contributed by atoms with E-state index in [-0.39, 0.29) is 6.47 Å². The van der Waals surface area contributed by atoms with Gasteiger partial charge in [0.1, 0.15) is 5.75 Å². The van der Waals surface area contributed by atoms with E-state index in [1.807, 2.05) is 6.07 Å². The van der Waals surface area contributed by atoms with E-state index in [2.05, 4.69) is 79.7 Å². The summed E-state index contributed by atoms with van der Waals surface area (Å²) in [6, 6.07) is 27.4. The summed E-state index contributed by atoms with van der Waals surface area (Å²) in [5.41, 5.74) is 4.85. The molecule has 0 aliphatic heterocycles. The summed E-state index contributed by atoms with van der Waals surface area (Å²) in [6.45, 7) is 2.74. The van der Waals surface area contributed by atoms with Gasteiger partial charge in [-0.2, -0.15) is 0 Å². The van der Waals surface area contributed by atoms with E-state index in [1.54, 1.807) is 0 Å². The fraction of sp³-hybridized carbons (Fsp3) is 0.208. The molecule has 0 aliphatic carbocycles. The summed E-state index contributed by atoms with van der Waals surface area (Å²) in [4.78, 5) is 8.36. The van der Waals surface area contributed by atoms with Crippen LogP contribution in [0.25, 0.3) is 22.3 Å². The fourth-order valence-electron chi connectivity index (χ4n) is 2.94. The van der Waals surface area contributed by atoms with Crippen LogP contribution >= 0.6 is 0 Å². The third kappa shape index (κ3) is 6.00. The highest BCUT2D eigenvalue weighted by Crippen LogP contribution is 2.37. The summed E-state index contributed by atoms with van der Waals surface area (Å²) >= 11 is 0. The molecule has 3 heteroatoms. The average Bonchev–Trinajstić information content (AvgIpc) is 2.73. The number of ether oxygens (including phenoxy) is 1. The van der Waals surface area contributed by atoms with E-state index in [4.69, 9.17) is 14.6 Å². The Morgan fingerprint density at radius 1 is 0.778 bits per heavy atom. The highest BCUT2D eigenvalue weighted by Gasteiger charge is 2.11. The van der Waals surface area contributed by atoms with Gasteiger partial charge in [-0.25, -0.2) is 0 Å². The molecule has 3 aromatic carbocycles. The second kappa shape index (κ2) is 11.5. The van der Waals surface area contributed by atoms with Crippen LogP contribution in [0.15, 0.2) is 78.9 Å². The minimum atomic E-state index is -0.250. The van der Waals surface area contributed by atoms with Gasteiger partial charge in [-0.15, -0.1) is 0 Å². The Labute approximate surface area is 161 Å². The molecule has 3 rings (SSSR count). The highest BCUT2D eigenvalue weighted by atomic mass is 16.5. The first kappa shape index (κ1) is 20.2. The largest absolute Gasteiger partial charge is 0.493 e. The molecule has 3 aromatic rings. The Hall–Kier alpha value is -3.07. The third-order valence-corrected chi connectivity index (χ3v) is 4.19. The van der Waals surface area contributed by atoms with Gasteiger partial charge in [0.05, 0.1) is 6.61 Å². The zero-order valence-electron chi connectivity index (χ0n) is 15.7. The number of carboxylic acid groups (broad SMARTS) is 1. The first-order valence-electron chi connectivity index (χ1n) is 9.26. The molecule has 0 aliphatic rings. The molecule has 27 heavy (non-hydrogen) atoms. The highest BCUT2D eigenvalue weighted by molar-refractivity contribution is 5.85. The van der Waals surface area contributed by atoms with Crippen molar-refractivity contribution in [2.75, 3.05) is 6.61 Å². The molecule has 0 unspecified atom stereocenters. The summed E-state index contributed by atoms with van der Waals surface area (Å²) < 4.78 is 6.08. The van der Waals surface area contributed by atoms with E-state index in [0.29, 0.717) is 0 Å². The third-order valence-electron chi connectivity index (χ3n) is 4.19. The zero-order valence-corrected chi connectivity index (χ0v) is 15.7. The molecule has 0 spiro atoms. The van der Waals surface area contributed by atoms with Gasteiger partial charge in [0.2, 0.25) is 0 Å². The second-order valence-electron chi connectivity index (χ2n) is 6.07. The van der Waals surface area contributed by atoms with E-state index in [9.17, 15) is 0 Å². The molecule has 0 amide bonds. The van der Waals surface area contributed by atoms with Crippen molar-refractivity contribution in [2.24, 2.45) is 0 Å². The Balaban J connectivity index is 0.000000817. The molecule has 0 bridgehead atoms. The van der Waals surface area contributed by atoms with Gasteiger partial charge in [-0.05, 0) is 29.2 Å². The second-order valence-corrected chi connectivity index (χ2v) is 6.07. The first-order chi connectivity index (χ1) is 13.3. The topological polar surface area (TPSA) is 46.5 Å². The van der Waals surface area contributed by atoms with Crippen molar-refractivity contribution in [3.63, 3.8) is 0 Å². The lowest BCUT2D eigenvalue weighted by atomic mass is 9.94. The Kier molecular flexibility index (Phi) is 8.64. The van der Waals surface area contributed by atoms with Crippen molar-refractivity contribution >= 4 is 6.47 Å². The molecular formula is C24H26O3. The molecule has 3 nitrogen and oxygen atoms in total. The normalized spacial score (nSPS) is 9.81. The molecule has 1 N–H and O–H groups in total. The van der Waals surface area contributed by atoms with E-state index < -0.39 is 0 Å². The lowest BCUT2D eigenvalue weighted by molar-refractivity contribution is -0.122. The number of benzene rings is 3. The number of unbranched alkanes of at least 4 members (excludes halogenated alkanes) is 2. The van der Waals surface area contributed by atoms with Gasteiger partial charge in [0, 0.05) is 5.56 Å². The molecule has 0 aromatic heterocycles. The lowest BCUT2D eigenvalue weighted by Crippen LogP contribution is -1.99. The van der Waals surface area contributed by atoms with Crippen LogP contribution in [0.3, 0.4) is 0 Å². The van der Waals surface area contributed by atoms with Crippen molar-refractivity contribution in [3.8, 4) is 28.0 Å². The molecule has 0 fully saturated rings. The SMILES string of the molecule is CCCCCOc1ccccc1-c1ccccc1-c1ccccc1.O=CO. The van der Waals surface area contributed by atoms with Gasteiger partial charge in [0.15, 0.2) is 0 Å². The molecule has 0 saturated heterocycles. The zero-order chi connectivity index (χ0) is 19.3. The van der Waals surface area contributed by atoms with E-state index in [1.165, 1.54) is 29.5 Å². The molecular weight excluding hydrogens is 336 g/mol. The quantitative estimate of drug-likeness (QED) is 0.397. The van der Waals surface area contributed by atoms with Crippen molar-refractivity contribution < 1.29 is 14.6 Å². The standard InChI is InChI=1S/C23H24O.CH2O2/c1-2-3-11-18-24-23-17-10-9-16-22(23)21-15-8-7-14-20(21)19-12-5-4-6-13-19;2-1-3/h4-10,12-17H,2-3,11,18H2,1H3;1H,(H,2,3). The van der Waals surface area contributed by atoms with Crippen LogP contribution in [0, 0.1) is 0 Å². The van der Waals surface area contributed by atoms with E-state index >= 15 is 0 Å². The number of carbonyl (C=O) groups is 1. The molecule has 0 atom stereocenters. The Morgan fingerprint density at radius 3 is 2.00 bits per heavy atom. The predicted octanol–water partition coefficient (Wildman–Crippen LogP) is 6.29. The minimum absolute atomic E-state index is 0.250. The van der Waals surface area contributed by atoms with E-state index in [0.717, 1.165) is 24.3 Å². The van der Waals surface area contributed by atoms with Gasteiger partial charge < -0.3 is 9.84 Å². The number of hydrogen-bond donors (Lipinski definition) is 1. The van der Waals surface area contributed by atoms with Gasteiger partial charge in [0.25, 0.3) is 6.47 Å². The monoisotopic (exact) mass is 362 g/mol. The maximum Gasteiger partial charge on any atom is 0.290 e. The summed E-state index contributed by atoms with van der Waals surface area (Å²) in [5, 5.41) is 6.89. The Bertz CT molecular complexity index is 813. The predicted molar refractivity (Wildman–Crippen MR) is 111 cm³/mol. The summed E-state index contributed by atoms with van der Waals surface area (Å²) in [5.74, 6) is 0.969. The maximum atomic E-state index is 8.36. The van der Waals surface area contributed by atoms with Crippen molar-refractivity contribution in [3.05, 3.63) is 78.9 Å². The molecule has 0 saturated carbocycles. The van der Waals surface area contributed by atoms with Crippen LogP contribution in [0.1, 0.15) is 26.2 Å². The van der Waals surface area contributed by atoms with Crippen molar-refractivity contribution in [1.29, 1.82) is 0 Å². The summed E-state index contributed by atoms with van der Waals surface area (Å²) in [7, 11) is 0. The maximum absolute atomic E-state index is 8.36. The lowest BCUT2D eigenvalue weighted by Gasteiger charge is -2.15.